The van der Waals surface area contributed by atoms with Crippen LogP contribution in [0.1, 0.15) is 29.7 Å². The van der Waals surface area contributed by atoms with Gasteiger partial charge in [0.25, 0.3) is 0 Å². The van der Waals surface area contributed by atoms with E-state index in [9.17, 15) is 5.11 Å². The molecule has 0 spiro atoms. The molecule has 0 bridgehead atoms. The number of hydrogen-bond acceptors (Lipinski definition) is 2. The molecule has 1 aromatic heterocycles. The van der Waals surface area contributed by atoms with Gasteiger partial charge in [-0.1, -0.05) is 28.1 Å². The van der Waals surface area contributed by atoms with E-state index in [1.54, 1.807) is 6.20 Å². The lowest BCUT2D eigenvalue weighted by Crippen LogP contribution is -1.99. The van der Waals surface area contributed by atoms with E-state index in [0.29, 0.717) is 0 Å². The van der Waals surface area contributed by atoms with Crippen molar-refractivity contribution >= 4 is 15.9 Å². The summed E-state index contributed by atoms with van der Waals surface area (Å²) >= 11 is 3.47. The molecule has 0 fully saturated rings. The molecule has 2 aromatic rings. The second kappa shape index (κ2) is 5.02. The quantitative estimate of drug-likeness (QED) is 0.945. The second-order valence-electron chi connectivity index (χ2n) is 4.04. The Morgan fingerprint density at radius 3 is 2.76 bits per heavy atom. The zero-order valence-corrected chi connectivity index (χ0v) is 11.5. The predicted molar refractivity (Wildman–Crippen MR) is 70.8 cm³/mol. The van der Waals surface area contributed by atoms with E-state index >= 15 is 0 Å². The minimum absolute atomic E-state index is 0.618. The summed E-state index contributed by atoms with van der Waals surface area (Å²) < 4.78 is 2.82. The Morgan fingerprint density at radius 1 is 1.41 bits per heavy atom. The smallest absolute Gasteiger partial charge is 0.107 e. The first kappa shape index (κ1) is 12.3. The van der Waals surface area contributed by atoms with Crippen LogP contribution < -0.4 is 0 Å². The van der Waals surface area contributed by atoms with Crippen LogP contribution in [0.25, 0.3) is 0 Å². The Kier molecular flexibility index (Phi) is 3.64. The largest absolute Gasteiger partial charge is 0.384 e. The molecule has 17 heavy (non-hydrogen) atoms. The molecule has 2 rings (SSSR count). The van der Waals surface area contributed by atoms with Gasteiger partial charge in [-0.2, -0.15) is 5.10 Å². The summed E-state index contributed by atoms with van der Waals surface area (Å²) in [5.74, 6) is 0. The molecule has 1 atom stereocenters. The van der Waals surface area contributed by atoms with Crippen LogP contribution in [0.15, 0.2) is 35.1 Å². The van der Waals surface area contributed by atoms with Crippen molar-refractivity contribution in [2.24, 2.45) is 0 Å². The molecular weight excluding hydrogens is 280 g/mol. The average Bonchev–Trinajstić information content (AvgIpc) is 2.80. The van der Waals surface area contributed by atoms with Crippen molar-refractivity contribution in [2.75, 3.05) is 0 Å². The SMILES string of the molecule is CCn1cc(C(O)c2ccc(C)c(Br)c2)cn1. The molecule has 1 unspecified atom stereocenters. The van der Waals surface area contributed by atoms with Crippen molar-refractivity contribution in [3.63, 3.8) is 0 Å². The van der Waals surface area contributed by atoms with Crippen LogP contribution in [0.5, 0.6) is 0 Å². The third kappa shape index (κ3) is 2.58. The molecule has 4 heteroatoms. The van der Waals surface area contributed by atoms with Crippen LogP contribution in [0.2, 0.25) is 0 Å². The summed E-state index contributed by atoms with van der Waals surface area (Å²) in [4.78, 5) is 0. The molecule has 1 heterocycles. The van der Waals surface area contributed by atoms with E-state index in [4.69, 9.17) is 0 Å². The topological polar surface area (TPSA) is 38.0 Å². The van der Waals surface area contributed by atoms with Crippen LogP contribution in [0, 0.1) is 6.92 Å². The standard InChI is InChI=1S/C13H15BrN2O/c1-3-16-8-11(7-15-16)13(17)10-5-4-9(2)12(14)6-10/h4-8,13,17H,3H2,1-2H3. The number of rotatable bonds is 3. The second-order valence-corrected chi connectivity index (χ2v) is 4.89. The summed E-state index contributed by atoms with van der Waals surface area (Å²) in [6.07, 6.45) is 2.97. The van der Waals surface area contributed by atoms with E-state index in [1.807, 2.05) is 42.9 Å². The number of benzene rings is 1. The van der Waals surface area contributed by atoms with Crippen LogP contribution in [0.3, 0.4) is 0 Å². The molecule has 0 aliphatic rings. The molecular formula is C13H15BrN2O. The Hall–Kier alpha value is -1.13. The minimum atomic E-state index is -0.618. The first-order valence-corrected chi connectivity index (χ1v) is 6.37. The van der Waals surface area contributed by atoms with Crippen LogP contribution in [0.4, 0.5) is 0 Å². The van der Waals surface area contributed by atoms with E-state index in [-0.39, 0.29) is 0 Å². The summed E-state index contributed by atoms with van der Waals surface area (Å²) in [5, 5.41) is 14.4. The Morgan fingerprint density at radius 2 is 2.18 bits per heavy atom. The molecule has 0 saturated carbocycles. The van der Waals surface area contributed by atoms with E-state index in [0.717, 1.165) is 27.7 Å². The molecule has 90 valence electrons. The number of aromatic nitrogens is 2. The maximum atomic E-state index is 10.2. The zero-order chi connectivity index (χ0) is 12.4. The Bertz CT molecular complexity index is 522. The molecule has 1 aromatic carbocycles. The average molecular weight is 295 g/mol. The molecule has 0 radical (unpaired) electrons. The highest BCUT2D eigenvalue weighted by molar-refractivity contribution is 9.10. The molecule has 3 nitrogen and oxygen atoms in total. The highest BCUT2D eigenvalue weighted by atomic mass is 79.9. The van der Waals surface area contributed by atoms with Crippen molar-refractivity contribution < 1.29 is 5.11 Å². The zero-order valence-electron chi connectivity index (χ0n) is 9.89. The van der Waals surface area contributed by atoms with Gasteiger partial charge in [0.2, 0.25) is 0 Å². The fourth-order valence-electron chi connectivity index (χ4n) is 1.67. The van der Waals surface area contributed by atoms with Gasteiger partial charge in [-0.05, 0) is 31.0 Å². The summed E-state index contributed by atoms with van der Waals surface area (Å²) in [6, 6.07) is 5.88. The fraction of sp³-hybridized carbons (Fsp3) is 0.308. The van der Waals surface area contributed by atoms with Gasteiger partial charge in [0.05, 0.1) is 6.20 Å². The van der Waals surface area contributed by atoms with Crippen molar-refractivity contribution in [1.82, 2.24) is 9.78 Å². The van der Waals surface area contributed by atoms with Gasteiger partial charge < -0.3 is 5.11 Å². The van der Waals surface area contributed by atoms with Crippen molar-refractivity contribution in [3.05, 3.63) is 51.8 Å². The van der Waals surface area contributed by atoms with Crippen molar-refractivity contribution in [3.8, 4) is 0 Å². The third-order valence-corrected chi connectivity index (χ3v) is 3.66. The van der Waals surface area contributed by atoms with Gasteiger partial charge >= 0.3 is 0 Å². The van der Waals surface area contributed by atoms with E-state index < -0.39 is 6.10 Å². The minimum Gasteiger partial charge on any atom is -0.384 e. The highest BCUT2D eigenvalue weighted by Gasteiger charge is 2.13. The normalized spacial score (nSPS) is 12.7. The first-order chi connectivity index (χ1) is 8.11. The Balaban J connectivity index is 2.29. The maximum absolute atomic E-state index is 10.2. The van der Waals surface area contributed by atoms with Crippen LogP contribution >= 0.6 is 15.9 Å². The van der Waals surface area contributed by atoms with E-state index in [1.165, 1.54) is 0 Å². The van der Waals surface area contributed by atoms with Gasteiger partial charge in [-0.15, -0.1) is 0 Å². The summed E-state index contributed by atoms with van der Waals surface area (Å²) in [5.41, 5.74) is 2.85. The fourth-order valence-corrected chi connectivity index (χ4v) is 2.06. The number of aliphatic hydroxyl groups is 1. The van der Waals surface area contributed by atoms with Gasteiger partial charge in [-0.3, -0.25) is 4.68 Å². The molecule has 0 amide bonds. The molecule has 0 aliphatic heterocycles. The molecule has 0 aliphatic carbocycles. The van der Waals surface area contributed by atoms with Crippen LogP contribution in [-0.4, -0.2) is 14.9 Å². The van der Waals surface area contributed by atoms with Crippen molar-refractivity contribution in [1.29, 1.82) is 0 Å². The van der Waals surface area contributed by atoms with Crippen molar-refractivity contribution in [2.45, 2.75) is 26.5 Å². The number of hydrogen-bond donors (Lipinski definition) is 1. The maximum Gasteiger partial charge on any atom is 0.107 e. The highest BCUT2D eigenvalue weighted by Crippen LogP contribution is 2.26. The number of halogens is 1. The molecule has 0 saturated heterocycles. The van der Waals surface area contributed by atoms with Crippen LogP contribution in [-0.2, 0) is 6.54 Å². The summed E-state index contributed by atoms with van der Waals surface area (Å²) in [6.45, 7) is 4.85. The first-order valence-electron chi connectivity index (χ1n) is 5.58. The number of aryl methyl sites for hydroxylation is 2. The van der Waals surface area contributed by atoms with Gasteiger partial charge in [-0.25, -0.2) is 0 Å². The van der Waals surface area contributed by atoms with Gasteiger partial charge in [0.15, 0.2) is 0 Å². The number of aliphatic hydroxyl groups excluding tert-OH is 1. The van der Waals surface area contributed by atoms with Gasteiger partial charge in [0, 0.05) is 22.8 Å². The van der Waals surface area contributed by atoms with Gasteiger partial charge in [0.1, 0.15) is 6.10 Å². The lowest BCUT2D eigenvalue weighted by atomic mass is 10.0. The predicted octanol–water partition coefficient (Wildman–Crippen LogP) is 3.06. The van der Waals surface area contributed by atoms with E-state index in [2.05, 4.69) is 21.0 Å². The third-order valence-electron chi connectivity index (χ3n) is 2.80. The lowest BCUT2D eigenvalue weighted by molar-refractivity contribution is 0.220. The summed E-state index contributed by atoms with van der Waals surface area (Å²) in [7, 11) is 0. The monoisotopic (exact) mass is 294 g/mol. The number of nitrogens with zero attached hydrogens (tertiary/aromatic N) is 2. The molecule has 1 N–H and O–H groups in total. The Labute approximate surface area is 109 Å². The lowest BCUT2D eigenvalue weighted by Gasteiger charge is -2.10.